The number of hydroxylamine groups is 1. The summed E-state index contributed by atoms with van der Waals surface area (Å²) >= 11 is 0. The molecule has 0 aliphatic carbocycles. The van der Waals surface area contributed by atoms with Crippen LogP contribution in [0.25, 0.3) is 0 Å². The number of amides is 1. The van der Waals surface area contributed by atoms with Crippen molar-refractivity contribution in [2.24, 2.45) is 0 Å². The number of rotatable bonds is 1. The molecule has 1 heterocycles. The number of pyridine rings is 1. The van der Waals surface area contributed by atoms with Crippen molar-refractivity contribution in [3.05, 3.63) is 30.1 Å². The predicted octanol–water partition coefficient (Wildman–Crippen LogP) is 0.832. The van der Waals surface area contributed by atoms with Crippen molar-refractivity contribution >= 4 is 11.9 Å². The third-order valence-electron chi connectivity index (χ3n) is 1.39. The minimum atomic E-state index is -5.15. The van der Waals surface area contributed by atoms with E-state index in [4.69, 9.17) is 0 Å². The number of nitrogens with zero attached hydrogens (tertiary/aromatic N) is 1. The summed E-state index contributed by atoms with van der Waals surface area (Å²) in [5.41, 5.74) is 1.33. The van der Waals surface area contributed by atoms with Gasteiger partial charge >= 0.3 is 12.1 Å². The minimum absolute atomic E-state index is 0.0301. The Labute approximate surface area is 87.2 Å². The fraction of sp³-hybridized carbons (Fsp3) is 0.125. The maximum absolute atomic E-state index is 11.7. The van der Waals surface area contributed by atoms with Crippen molar-refractivity contribution in [1.29, 1.82) is 0 Å². The lowest BCUT2D eigenvalue weighted by molar-refractivity contribution is -0.204. The molecule has 8 heteroatoms. The second-order valence-corrected chi connectivity index (χ2v) is 2.56. The summed E-state index contributed by atoms with van der Waals surface area (Å²) in [7, 11) is 0. The first-order valence-corrected chi connectivity index (χ1v) is 3.89. The normalized spacial score (nSPS) is 10.7. The highest BCUT2D eigenvalue weighted by Crippen LogP contribution is 2.15. The molecular weight excluding hydrogens is 229 g/mol. The van der Waals surface area contributed by atoms with Crippen LogP contribution in [-0.4, -0.2) is 23.0 Å². The molecule has 1 aromatic heterocycles. The lowest BCUT2D eigenvalue weighted by atomic mass is 10.3. The molecule has 1 rings (SSSR count). The topological polar surface area (TPSA) is 68.3 Å². The Kier molecular flexibility index (Phi) is 3.44. The Bertz CT molecular complexity index is 391. The van der Waals surface area contributed by atoms with Crippen molar-refractivity contribution in [2.75, 3.05) is 0 Å². The zero-order chi connectivity index (χ0) is 12.2. The highest BCUT2D eigenvalue weighted by atomic mass is 19.4. The molecule has 0 aliphatic heterocycles. The number of hydrogen-bond donors (Lipinski definition) is 1. The fourth-order valence-electron chi connectivity index (χ4n) is 0.707. The molecule has 1 N–H and O–H groups in total. The summed E-state index contributed by atoms with van der Waals surface area (Å²) in [6.07, 6.45) is -2.67. The van der Waals surface area contributed by atoms with Gasteiger partial charge in [0, 0.05) is 12.4 Å². The van der Waals surface area contributed by atoms with Crippen LogP contribution in [0.15, 0.2) is 24.5 Å². The number of halogens is 3. The van der Waals surface area contributed by atoms with Gasteiger partial charge in [0.15, 0.2) is 0 Å². The molecule has 5 nitrogen and oxygen atoms in total. The standard InChI is InChI=1S/C8H5F3N2O3/c9-8(10,11)7(15)16-13-6(14)5-2-1-3-12-4-5/h1-4H,(H,13,14). The first-order valence-electron chi connectivity index (χ1n) is 3.89. The van der Waals surface area contributed by atoms with Crippen LogP contribution in [0, 0.1) is 0 Å². The van der Waals surface area contributed by atoms with Gasteiger partial charge in [-0.25, -0.2) is 4.79 Å². The zero-order valence-corrected chi connectivity index (χ0v) is 7.62. The lowest BCUT2D eigenvalue weighted by Gasteiger charge is -2.06. The largest absolute Gasteiger partial charge is 0.493 e. The smallest absolute Gasteiger partial charge is 0.332 e. The van der Waals surface area contributed by atoms with Crippen LogP contribution in [-0.2, 0) is 9.63 Å². The summed E-state index contributed by atoms with van der Waals surface area (Å²) in [6.45, 7) is 0. The number of nitrogens with one attached hydrogen (secondary N) is 1. The molecule has 0 spiro atoms. The van der Waals surface area contributed by atoms with Gasteiger partial charge in [0.05, 0.1) is 5.56 Å². The van der Waals surface area contributed by atoms with Gasteiger partial charge in [-0.15, -0.1) is 0 Å². The molecule has 0 radical (unpaired) electrons. The van der Waals surface area contributed by atoms with E-state index in [1.807, 2.05) is 0 Å². The van der Waals surface area contributed by atoms with Crippen LogP contribution in [0.3, 0.4) is 0 Å². The maximum Gasteiger partial charge on any atom is 0.493 e. The van der Waals surface area contributed by atoms with E-state index in [1.165, 1.54) is 23.8 Å². The van der Waals surface area contributed by atoms with Crippen LogP contribution in [0.1, 0.15) is 10.4 Å². The monoisotopic (exact) mass is 234 g/mol. The Morgan fingerprint density at radius 1 is 1.38 bits per heavy atom. The predicted molar refractivity (Wildman–Crippen MR) is 43.9 cm³/mol. The van der Waals surface area contributed by atoms with Crippen LogP contribution in [0.4, 0.5) is 13.2 Å². The number of carbonyl (C=O) groups excluding carboxylic acids is 2. The van der Waals surface area contributed by atoms with Gasteiger partial charge in [-0.2, -0.15) is 18.7 Å². The van der Waals surface area contributed by atoms with Crippen LogP contribution < -0.4 is 5.48 Å². The van der Waals surface area contributed by atoms with Crippen molar-refractivity contribution in [1.82, 2.24) is 10.5 Å². The van der Waals surface area contributed by atoms with E-state index >= 15 is 0 Å². The van der Waals surface area contributed by atoms with E-state index in [0.29, 0.717) is 0 Å². The quantitative estimate of drug-likeness (QED) is 0.731. The van der Waals surface area contributed by atoms with Gasteiger partial charge < -0.3 is 4.84 Å². The molecule has 86 valence electrons. The average Bonchev–Trinajstić information content (AvgIpc) is 2.25. The highest BCUT2D eigenvalue weighted by molar-refractivity contribution is 5.94. The molecule has 0 aromatic carbocycles. The molecule has 1 amide bonds. The summed E-state index contributed by atoms with van der Waals surface area (Å²) in [4.78, 5) is 28.4. The molecule has 0 aliphatic rings. The van der Waals surface area contributed by atoms with Gasteiger partial charge in [-0.1, -0.05) is 0 Å². The van der Waals surface area contributed by atoms with E-state index in [2.05, 4.69) is 9.82 Å². The zero-order valence-electron chi connectivity index (χ0n) is 7.62. The second-order valence-electron chi connectivity index (χ2n) is 2.56. The summed E-state index contributed by atoms with van der Waals surface area (Å²) in [5, 5.41) is 0. The third-order valence-corrected chi connectivity index (χ3v) is 1.39. The highest BCUT2D eigenvalue weighted by Gasteiger charge is 2.42. The molecule has 0 bridgehead atoms. The molecule has 0 atom stereocenters. The Balaban J connectivity index is 2.52. The Hall–Kier alpha value is -2.12. The molecule has 0 saturated heterocycles. The Morgan fingerprint density at radius 2 is 2.06 bits per heavy atom. The Morgan fingerprint density at radius 3 is 2.56 bits per heavy atom. The first kappa shape index (κ1) is 12.0. The summed E-state index contributed by atoms with van der Waals surface area (Å²) in [6, 6.07) is 2.70. The van der Waals surface area contributed by atoms with Crippen LogP contribution in [0.5, 0.6) is 0 Å². The number of aromatic nitrogens is 1. The second kappa shape index (κ2) is 4.60. The molecule has 1 aromatic rings. The SMILES string of the molecule is O=C(NOC(=O)C(F)(F)F)c1cccnc1. The number of hydrogen-bond acceptors (Lipinski definition) is 4. The molecule has 0 unspecified atom stereocenters. The third kappa shape index (κ3) is 3.23. The first-order chi connectivity index (χ1) is 7.41. The van der Waals surface area contributed by atoms with E-state index in [-0.39, 0.29) is 5.56 Å². The van der Waals surface area contributed by atoms with E-state index in [1.54, 1.807) is 0 Å². The van der Waals surface area contributed by atoms with E-state index < -0.39 is 18.1 Å². The van der Waals surface area contributed by atoms with Gasteiger partial charge in [-0.3, -0.25) is 9.78 Å². The van der Waals surface area contributed by atoms with Crippen molar-refractivity contribution in [3.63, 3.8) is 0 Å². The molecular formula is C8H5F3N2O3. The van der Waals surface area contributed by atoms with E-state index in [0.717, 1.165) is 6.20 Å². The number of alkyl halides is 3. The fourth-order valence-corrected chi connectivity index (χ4v) is 0.707. The van der Waals surface area contributed by atoms with Crippen LogP contribution >= 0.6 is 0 Å². The summed E-state index contributed by atoms with van der Waals surface area (Å²) < 4.78 is 35.0. The van der Waals surface area contributed by atoms with Crippen molar-refractivity contribution < 1.29 is 27.6 Å². The van der Waals surface area contributed by atoms with E-state index in [9.17, 15) is 22.8 Å². The maximum atomic E-state index is 11.7. The van der Waals surface area contributed by atoms with Gasteiger partial charge in [0.25, 0.3) is 5.91 Å². The average molecular weight is 234 g/mol. The molecule has 0 fully saturated rings. The van der Waals surface area contributed by atoms with Gasteiger partial charge in [0.2, 0.25) is 0 Å². The molecule has 16 heavy (non-hydrogen) atoms. The molecule has 0 saturated carbocycles. The van der Waals surface area contributed by atoms with Crippen molar-refractivity contribution in [2.45, 2.75) is 6.18 Å². The minimum Gasteiger partial charge on any atom is -0.332 e. The lowest BCUT2D eigenvalue weighted by Crippen LogP contribution is -2.34. The number of carbonyl (C=O) groups is 2. The van der Waals surface area contributed by atoms with Gasteiger partial charge in [-0.05, 0) is 12.1 Å². The van der Waals surface area contributed by atoms with Crippen LogP contribution in [0.2, 0.25) is 0 Å². The summed E-state index contributed by atoms with van der Waals surface area (Å²) in [5.74, 6) is -3.49. The van der Waals surface area contributed by atoms with Gasteiger partial charge in [0.1, 0.15) is 0 Å². The van der Waals surface area contributed by atoms with Crippen molar-refractivity contribution in [3.8, 4) is 0 Å².